The van der Waals surface area contributed by atoms with Gasteiger partial charge >= 0.3 is 0 Å². The number of hydrogen-bond donors (Lipinski definition) is 2. The SMILES string of the molecule is COc1ccc(OC)c(NC(=O)[C@H](C)NS(=O)(=O)c2ccc(OC)c(OC)c2)c1. The van der Waals surface area contributed by atoms with Crippen LogP contribution in [0.1, 0.15) is 6.92 Å². The molecule has 9 nitrogen and oxygen atoms in total. The van der Waals surface area contributed by atoms with E-state index in [-0.39, 0.29) is 10.6 Å². The Kier molecular flexibility index (Phi) is 7.29. The van der Waals surface area contributed by atoms with E-state index in [1.807, 2.05) is 0 Å². The predicted octanol–water partition coefficient (Wildman–Crippen LogP) is 2.03. The lowest BCUT2D eigenvalue weighted by Crippen LogP contribution is -2.41. The molecule has 1 atom stereocenters. The van der Waals surface area contributed by atoms with Gasteiger partial charge in [0, 0.05) is 12.1 Å². The molecule has 0 unspecified atom stereocenters. The molecule has 0 aliphatic heterocycles. The summed E-state index contributed by atoms with van der Waals surface area (Å²) < 4.78 is 48.2. The van der Waals surface area contributed by atoms with Gasteiger partial charge in [0.15, 0.2) is 11.5 Å². The number of nitrogens with one attached hydrogen (secondary N) is 2. The predicted molar refractivity (Wildman–Crippen MR) is 108 cm³/mol. The molecule has 10 heteroatoms. The van der Waals surface area contributed by atoms with Crippen LogP contribution >= 0.6 is 0 Å². The lowest BCUT2D eigenvalue weighted by atomic mass is 10.2. The number of carbonyl (C=O) groups is 1. The topological polar surface area (TPSA) is 112 Å². The highest BCUT2D eigenvalue weighted by molar-refractivity contribution is 7.89. The molecule has 0 bridgehead atoms. The molecule has 158 valence electrons. The van der Waals surface area contributed by atoms with Gasteiger partial charge in [-0.1, -0.05) is 0 Å². The molecule has 0 aromatic heterocycles. The molecule has 0 spiro atoms. The summed E-state index contributed by atoms with van der Waals surface area (Å²) in [5.74, 6) is 1.00. The molecule has 0 saturated heterocycles. The molecule has 2 rings (SSSR count). The molecule has 29 heavy (non-hydrogen) atoms. The van der Waals surface area contributed by atoms with Crippen LogP contribution in [0.2, 0.25) is 0 Å². The molecule has 0 aliphatic rings. The van der Waals surface area contributed by atoms with Crippen molar-refractivity contribution in [2.24, 2.45) is 0 Å². The molecular formula is C19H24N2O7S. The number of rotatable bonds is 9. The Morgan fingerprint density at radius 2 is 1.48 bits per heavy atom. The summed E-state index contributed by atoms with van der Waals surface area (Å²) in [6, 6.07) is 7.97. The normalized spacial score (nSPS) is 12.0. The van der Waals surface area contributed by atoms with Crippen molar-refractivity contribution in [1.29, 1.82) is 0 Å². The third kappa shape index (κ3) is 5.30. The highest BCUT2D eigenvalue weighted by Gasteiger charge is 2.24. The molecule has 0 fully saturated rings. The van der Waals surface area contributed by atoms with Crippen LogP contribution in [0.3, 0.4) is 0 Å². The van der Waals surface area contributed by atoms with E-state index in [9.17, 15) is 13.2 Å². The first-order valence-electron chi connectivity index (χ1n) is 8.53. The van der Waals surface area contributed by atoms with Gasteiger partial charge in [0.2, 0.25) is 15.9 Å². The van der Waals surface area contributed by atoms with Gasteiger partial charge in [0.25, 0.3) is 0 Å². The maximum Gasteiger partial charge on any atom is 0.242 e. The molecule has 2 aromatic carbocycles. The quantitative estimate of drug-likeness (QED) is 0.633. The Morgan fingerprint density at radius 3 is 2.07 bits per heavy atom. The molecule has 0 radical (unpaired) electrons. The minimum atomic E-state index is -3.99. The Labute approximate surface area is 170 Å². The fourth-order valence-corrected chi connectivity index (χ4v) is 3.71. The summed E-state index contributed by atoms with van der Waals surface area (Å²) in [5.41, 5.74) is 0.356. The zero-order valence-electron chi connectivity index (χ0n) is 16.8. The minimum Gasteiger partial charge on any atom is -0.497 e. The standard InChI is InChI=1S/C19H24N2O7S/c1-12(19(22)20-15-10-13(25-2)6-8-16(15)26-3)21-29(23,24)14-7-9-17(27-4)18(11-14)28-5/h6-12,21H,1-5H3,(H,20,22)/t12-/m0/s1. The second-order valence-electron chi connectivity index (χ2n) is 5.92. The van der Waals surface area contributed by atoms with Gasteiger partial charge in [0.05, 0.1) is 45.1 Å². The molecule has 0 heterocycles. The molecule has 0 aliphatic carbocycles. The Morgan fingerprint density at radius 1 is 0.862 bits per heavy atom. The van der Waals surface area contributed by atoms with Gasteiger partial charge in [-0.3, -0.25) is 4.79 Å². The van der Waals surface area contributed by atoms with Crippen molar-refractivity contribution in [1.82, 2.24) is 4.72 Å². The summed E-state index contributed by atoms with van der Waals surface area (Å²) in [7, 11) is 1.82. The number of benzene rings is 2. The van der Waals surface area contributed by atoms with Crippen molar-refractivity contribution >= 4 is 21.6 Å². The van der Waals surface area contributed by atoms with E-state index in [1.54, 1.807) is 18.2 Å². The van der Waals surface area contributed by atoms with Gasteiger partial charge in [-0.05, 0) is 31.2 Å². The lowest BCUT2D eigenvalue weighted by molar-refractivity contribution is -0.117. The maximum absolute atomic E-state index is 12.7. The minimum absolute atomic E-state index is 0.0613. The molecule has 1 amide bonds. The van der Waals surface area contributed by atoms with Crippen LogP contribution in [0.25, 0.3) is 0 Å². The first-order chi connectivity index (χ1) is 13.7. The number of sulfonamides is 1. The van der Waals surface area contributed by atoms with Gasteiger partial charge in [-0.25, -0.2) is 8.42 Å². The van der Waals surface area contributed by atoms with Gasteiger partial charge in [-0.2, -0.15) is 4.72 Å². The molecular weight excluding hydrogens is 400 g/mol. The van der Waals surface area contributed by atoms with E-state index < -0.39 is 22.0 Å². The number of ether oxygens (including phenoxy) is 4. The van der Waals surface area contributed by atoms with Gasteiger partial charge < -0.3 is 24.3 Å². The van der Waals surface area contributed by atoms with Crippen LogP contribution < -0.4 is 29.0 Å². The smallest absolute Gasteiger partial charge is 0.242 e. The zero-order valence-corrected chi connectivity index (χ0v) is 17.6. The van der Waals surface area contributed by atoms with Crippen LogP contribution in [-0.2, 0) is 14.8 Å². The Balaban J connectivity index is 2.18. The lowest BCUT2D eigenvalue weighted by Gasteiger charge is -2.17. The monoisotopic (exact) mass is 424 g/mol. The summed E-state index contributed by atoms with van der Waals surface area (Å²) in [6.07, 6.45) is 0. The van der Waals surface area contributed by atoms with E-state index in [4.69, 9.17) is 18.9 Å². The van der Waals surface area contributed by atoms with Crippen LogP contribution in [0, 0.1) is 0 Å². The highest BCUT2D eigenvalue weighted by atomic mass is 32.2. The van der Waals surface area contributed by atoms with Crippen LogP contribution in [0.5, 0.6) is 23.0 Å². The van der Waals surface area contributed by atoms with Gasteiger partial charge in [-0.15, -0.1) is 0 Å². The Bertz CT molecular complexity index is 977. The fourth-order valence-electron chi connectivity index (χ4n) is 2.49. The molecule has 0 saturated carbocycles. The van der Waals surface area contributed by atoms with Gasteiger partial charge in [0.1, 0.15) is 11.5 Å². The number of methoxy groups -OCH3 is 4. The van der Waals surface area contributed by atoms with E-state index >= 15 is 0 Å². The number of hydrogen-bond acceptors (Lipinski definition) is 7. The third-order valence-electron chi connectivity index (χ3n) is 4.06. The van der Waals surface area contributed by atoms with Crippen molar-refractivity contribution in [3.63, 3.8) is 0 Å². The maximum atomic E-state index is 12.7. The average molecular weight is 424 g/mol. The van der Waals surface area contributed by atoms with Crippen LogP contribution in [0.15, 0.2) is 41.3 Å². The van der Waals surface area contributed by atoms with Crippen molar-refractivity contribution in [2.45, 2.75) is 17.9 Å². The van der Waals surface area contributed by atoms with Crippen molar-refractivity contribution < 1.29 is 32.2 Å². The molecule has 2 N–H and O–H groups in total. The van der Waals surface area contributed by atoms with E-state index in [0.29, 0.717) is 22.9 Å². The summed E-state index contributed by atoms with van der Waals surface area (Å²) in [6.45, 7) is 1.43. The zero-order chi connectivity index (χ0) is 21.6. The average Bonchev–Trinajstić information content (AvgIpc) is 2.72. The summed E-state index contributed by atoms with van der Waals surface area (Å²) in [5, 5.41) is 2.64. The van der Waals surface area contributed by atoms with E-state index in [2.05, 4.69) is 10.0 Å². The van der Waals surface area contributed by atoms with Crippen LogP contribution in [-0.4, -0.2) is 48.8 Å². The first-order valence-corrected chi connectivity index (χ1v) is 10.0. The Hall–Kier alpha value is -2.98. The second kappa shape index (κ2) is 9.48. The molecule has 2 aromatic rings. The summed E-state index contributed by atoms with van der Waals surface area (Å²) in [4.78, 5) is 12.5. The summed E-state index contributed by atoms with van der Waals surface area (Å²) >= 11 is 0. The number of carbonyl (C=O) groups excluding carboxylic acids is 1. The number of amides is 1. The third-order valence-corrected chi connectivity index (χ3v) is 5.59. The number of anilines is 1. The van der Waals surface area contributed by atoms with E-state index in [1.165, 1.54) is 53.6 Å². The fraction of sp³-hybridized carbons (Fsp3) is 0.316. The van der Waals surface area contributed by atoms with Crippen LogP contribution in [0.4, 0.5) is 5.69 Å². The second-order valence-corrected chi connectivity index (χ2v) is 7.63. The highest BCUT2D eigenvalue weighted by Crippen LogP contribution is 2.30. The van der Waals surface area contributed by atoms with Crippen molar-refractivity contribution in [2.75, 3.05) is 33.8 Å². The van der Waals surface area contributed by atoms with E-state index in [0.717, 1.165) is 0 Å². The van der Waals surface area contributed by atoms with Crippen molar-refractivity contribution in [3.8, 4) is 23.0 Å². The largest absolute Gasteiger partial charge is 0.497 e. The van der Waals surface area contributed by atoms with Crippen molar-refractivity contribution in [3.05, 3.63) is 36.4 Å². The first kappa shape index (κ1) is 22.3.